The summed E-state index contributed by atoms with van der Waals surface area (Å²) in [5.41, 5.74) is 3.82. The maximum atomic E-state index is 9.64. The minimum Gasteiger partial charge on any atom is -0.394 e. The third-order valence-corrected chi connectivity index (χ3v) is 5.09. The molecule has 2 aromatic rings. The Kier molecular flexibility index (Phi) is 5.77. The number of rotatable bonds is 6. The zero-order valence-corrected chi connectivity index (χ0v) is 16.2. The molecule has 2 N–H and O–H groups in total. The van der Waals surface area contributed by atoms with Gasteiger partial charge in [0.2, 0.25) is 5.95 Å². The van der Waals surface area contributed by atoms with Crippen molar-refractivity contribution in [3.05, 3.63) is 47.2 Å². The van der Waals surface area contributed by atoms with Crippen LogP contribution in [0, 0.1) is 5.92 Å². The molecule has 0 aliphatic carbocycles. The topological polar surface area (TPSA) is 61.3 Å². The number of benzene rings is 1. The van der Waals surface area contributed by atoms with Crippen LogP contribution in [0.1, 0.15) is 50.4 Å². The monoisotopic (exact) mass is 354 g/mol. The summed E-state index contributed by atoms with van der Waals surface area (Å²) in [7, 11) is 0. The molecular weight excluding hydrogens is 324 g/mol. The molecule has 0 saturated carbocycles. The maximum absolute atomic E-state index is 9.64. The number of anilines is 2. The van der Waals surface area contributed by atoms with Crippen molar-refractivity contribution in [3.63, 3.8) is 0 Å². The Balaban J connectivity index is 1.89. The van der Waals surface area contributed by atoms with Crippen molar-refractivity contribution in [1.82, 2.24) is 9.97 Å². The average Bonchev–Trinajstić information content (AvgIpc) is 2.65. The lowest BCUT2D eigenvalue weighted by molar-refractivity contribution is 0.248. The summed E-state index contributed by atoms with van der Waals surface area (Å²) in [6.07, 6.45) is 1.03. The molecule has 0 fully saturated rings. The van der Waals surface area contributed by atoms with Crippen LogP contribution in [-0.2, 0) is 13.0 Å². The fraction of sp³-hybridized carbons (Fsp3) is 0.524. The predicted octanol–water partition coefficient (Wildman–Crippen LogP) is 3.59. The molecule has 0 amide bonds. The summed E-state index contributed by atoms with van der Waals surface area (Å²) in [5.74, 6) is 2.19. The van der Waals surface area contributed by atoms with Gasteiger partial charge >= 0.3 is 0 Å². The van der Waals surface area contributed by atoms with Crippen molar-refractivity contribution < 1.29 is 5.11 Å². The van der Waals surface area contributed by atoms with E-state index in [-0.39, 0.29) is 12.6 Å². The van der Waals surface area contributed by atoms with E-state index >= 15 is 0 Å². The summed E-state index contributed by atoms with van der Waals surface area (Å²) in [5, 5.41) is 13.0. The Hall–Kier alpha value is -2.14. The molecule has 26 heavy (non-hydrogen) atoms. The molecule has 3 rings (SSSR count). The van der Waals surface area contributed by atoms with Gasteiger partial charge in [0, 0.05) is 19.2 Å². The number of fused-ring (bicyclic) bond motifs is 1. The maximum Gasteiger partial charge on any atom is 0.225 e. The molecule has 5 nitrogen and oxygen atoms in total. The summed E-state index contributed by atoms with van der Waals surface area (Å²) >= 11 is 0. The van der Waals surface area contributed by atoms with Crippen LogP contribution < -0.4 is 10.2 Å². The first-order valence-electron chi connectivity index (χ1n) is 9.56. The van der Waals surface area contributed by atoms with Gasteiger partial charge in [0.1, 0.15) is 5.82 Å². The van der Waals surface area contributed by atoms with Gasteiger partial charge in [-0.25, -0.2) is 4.98 Å². The largest absolute Gasteiger partial charge is 0.394 e. The molecule has 1 aliphatic rings. The van der Waals surface area contributed by atoms with Gasteiger partial charge in [-0.1, -0.05) is 52.0 Å². The third-order valence-electron chi connectivity index (χ3n) is 5.09. The standard InChI is InChI=1S/C21H30N4O/c1-14(2)18-11-20(24-21(22-18)23-19(13-26)15(3)4)25-10-9-16-7-5-6-8-17(16)12-25/h5-8,11,14-15,19,26H,9-10,12-13H2,1-4H3,(H,22,23,24)/t19-/m1/s1. The van der Waals surface area contributed by atoms with Crippen LogP contribution in [0.25, 0.3) is 0 Å². The fourth-order valence-corrected chi connectivity index (χ4v) is 3.26. The van der Waals surface area contributed by atoms with Crippen molar-refractivity contribution in [2.75, 3.05) is 23.4 Å². The van der Waals surface area contributed by atoms with Gasteiger partial charge < -0.3 is 15.3 Å². The van der Waals surface area contributed by atoms with Crippen LogP contribution in [0.15, 0.2) is 30.3 Å². The summed E-state index contributed by atoms with van der Waals surface area (Å²) in [4.78, 5) is 11.8. The number of aliphatic hydroxyl groups is 1. The van der Waals surface area contributed by atoms with E-state index in [1.165, 1.54) is 11.1 Å². The van der Waals surface area contributed by atoms with Crippen molar-refractivity contribution >= 4 is 11.8 Å². The minimum atomic E-state index is -0.0488. The molecule has 2 heterocycles. The summed E-state index contributed by atoms with van der Waals surface area (Å²) < 4.78 is 0. The van der Waals surface area contributed by atoms with Crippen molar-refractivity contribution in [3.8, 4) is 0 Å². The van der Waals surface area contributed by atoms with Gasteiger partial charge in [0.25, 0.3) is 0 Å². The van der Waals surface area contributed by atoms with E-state index < -0.39 is 0 Å². The molecule has 0 radical (unpaired) electrons. The third kappa shape index (κ3) is 4.15. The molecule has 140 valence electrons. The second-order valence-electron chi connectivity index (χ2n) is 7.75. The molecule has 1 aliphatic heterocycles. The Morgan fingerprint density at radius 2 is 1.85 bits per heavy atom. The fourth-order valence-electron chi connectivity index (χ4n) is 3.26. The number of nitrogens with one attached hydrogen (secondary N) is 1. The van der Waals surface area contributed by atoms with Crippen molar-refractivity contribution in [1.29, 1.82) is 0 Å². The van der Waals surface area contributed by atoms with Crippen LogP contribution in [0.2, 0.25) is 0 Å². The predicted molar refractivity (Wildman–Crippen MR) is 107 cm³/mol. The molecule has 1 aromatic heterocycles. The second kappa shape index (κ2) is 8.04. The van der Waals surface area contributed by atoms with Gasteiger partial charge in [0.05, 0.1) is 18.3 Å². The van der Waals surface area contributed by atoms with Crippen molar-refractivity contribution in [2.24, 2.45) is 5.92 Å². The highest BCUT2D eigenvalue weighted by Crippen LogP contribution is 2.26. The van der Waals surface area contributed by atoms with Crippen LogP contribution in [0.3, 0.4) is 0 Å². The minimum absolute atomic E-state index is 0.0488. The lowest BCUT2D eigenvalue weighted by atomic mass is 10.00. The van der Waals surface area contributed by atoms with E-state index in [1.54, 1.807) is 0 Å². The zero-order valence-electron chi connectivity index (χ0n) is 16.2. The SMILES string of the molecule is CC(C)c1cc(N2CCc3ccccc3C2)nc(N[C@H](CO)C(C)C)n1. The Morgan fingerprint density at radius 3 is 2.50 bits per heavy atom. The summed E-state index contributed by atoms with van der Waals surface area (Å²) in [6, 6.07) is 10.7. The average molecular weight is 354 g/mol. The first kappa shape index (κ1) is 18.6. The van der Waals surface area contributed by atoms with E-state index in [4.69, 9.17) is 4.98 Å². The van der Waals surface area contributed by atoms with E-state index in [0.717, 1.165) is 31.0 Å². The molecular formula is C21H30N4O. The molecule has 1 aromatic carbocycles. The number of hydrogen-bond acceptors (Lipinski definition) is 5. The Bertz CT molecular complexity index is 745. The molecule has 0 unspecified atom stereocenters. The van der Waals surface area contributed by atoms with E-state index in [2.05, 4.69) is 73.2 Å². The van der Waals surface area contributed by atoms with Crippen molar-refractivity contribution in [2.45, 2.75) is 52.6 Å². The molecule has 0 saturated heterocycles. The molecule has 5 heteroatoms. The highest BCUT2D eigenvalue weighted by molar-refractivity contribution is 5.49. The number of aromatic nitrogens is 2. The van der Waals surface area contributed by atoms with Crippen LogP contribution in [0.5, 0.6) is 0 Å². The highest BCUT2D eigenvalue weighted by Gasteiger charge is 2.20. The molecule has 0 spiro atoms. The van der Waals surface area contributed by atoms with Crippen LogP contribution >= 0.6 is 0 Å². The summed E-state index contributed by atoms with van der Waals surface area (Å²) in [6.45, 7) is 10.4. The van der Waals surface area contributed by atoms with Gasteiger partial charge in [-0.15, -0.1) is 0 Å². The molecule has 1 atom stereocenters. The van der Waals surface area contributed by atoms with Crippen LogP contribution in [0.4, 0.5) is 11.8 Å². The van der Waals surface area contributed by atoms with E-state index in [1.807, 2.05) is 0 Å². The van der Waals surface area contributed by atoms with E-state index in [9.17, 15) is 5.11 Å². The molecule has 0 bridgehead atoms. The van der Waals surface area contributed by atoms with Gasteiger partial charge in [-0.05, 0) is 29.4 Å². The van der Waals surface area contributed by atoms with Crippen LogP contribution in [-0.4, -0.2) is 34.3 Å². The second-order valence-corrected chi connectivity index (χ2v) is 7.75. The van der Waals surface area contributed by atoms with Gasteiger partial charge in [0.15, 0.2) is 0 Å². The first-order chi connectivity index (χ1) is 12.5. The smallest absolute Gasteiger partial charge is 0.225 e. The Labute approximate surface area is 156 Å². The quantitative estimate of drug-likeness (QED) is 0.830. The number of nitrogens with zero attached hydrogens (tertiary/aromatic N) is 3. The number of hydrogen-bond donors (Lipinski definition) is 2. The number of aliphatic hydroxyl groups excluding tert-OH is 1. The van der Waals surface area contributed by atoms with E-state index in [0.29, 0.717) is 17.8 Å². The first-order valence-corrected chi connectivity index (χ1v) is 9.56. The lowest BCUT2D eigenvalue weighted by Gasteiger charge is -2.30. The Morgan fingerprint density at radius 1 is 1.12 bits per heavy atom. The van der Waals surface area contributed by atoms with Gasteiger partial charge in [-0.2, -0.15) is 4.98 Å². The lowest BCUT2D eigenvalue weighted by Crippen LogP contribution is -2.33. The highest BCUT2D eigenvalue weighted by atomic mass is 16.3. The zero-order chi connectivity index (χ0) is 18.7. The van der Waals surface area contributed by atoms with Gasteiger partial charge in [-0.3, -0.25) is 0 Å². The normalized spacial score (nSPS) is 15.3.